The summed E-state index contributed by atoms with van der Waals surface area (Å²) in [5.74, 6) is 0.652. The van der Waals surface area contributed by atoms with Crippen LogP contribution < -0.4 is 9.90 Å². The molecule has 0 fully saturated rings. The minimum absolute atomic E-state index is 0.0805. The van der Waals surface area contributed by atoms with Gasteiger partial charge in [-0.25, -0.2) is 0 Å². The second kappa shape index (κ2) is 5.31. The fourth-order valence-corrected chi connectivity index (χ4v) is 1.20. The normalized spacial score (nSPS) is 10.3. The SMILES string of the molecule is CC[NH+](CC)Oc1ccc([N+](=O)[O-])cc1. The lowest BCUT2D eigenvalue weighted by Crippen LogP contribution is -3.13. The topological polar surface area (TPSA) is 56.8 Å². The lowest BCUT2D eigenvalue weighted by Gasteiger charge is -2.13. The van der Waals surface area contributed by atoms with Crippen molar-refractivity contribution >= 4 is 5.69 Å². The van der Waals surface area contributed by atoms with E-state index in [4.69, 9.17) is 4.84 Å². The molecular formula is C10H15N2O3+. The highest BCUT2D eigenvalue weighted by atomic mass is 16.7. The molecule has 1 N–H and O–H groups in total. The highest BCUT2D eigenvalue weighted by Crippen LogP contribution is 2.15. The summed E-state index contributed by atoms with van der Waals surface area (Å²) >= 11 is 0. The highest BCUT2D eigenvalue weighted by molar-refractivity contribution is 5.35. The Morgan fingerprint density at radius 3 is 2.20 bits per heavy atom. The standard InChI is InChI=1S/C10H14N2O3/c1-3-11(4-2)15-10-7-5-9(6-8-10)12(13)14/h5-8H,3-4H2,1-2H3/p+1. The van der Waals surface area contributed by atoms with Gasteiger partial charge in [-0.3, -0.25) is 10.1 Å². The molecule has 0 heterocycles. The van der Waals surface area contributed by atoms with Crippen molar-refractivity contribution in [3.8, 4) is 5.75 Å². The van der Waals surface area contributed by atoms with Crippen molar-refractivity contribution in [3.63, 3.8) is 0 Å². The molecule has 0 saturated heterocycles. The van der Waals surface area contributed by atoms with Gasteiger partial charge in [-0.05, 0) is 26.0 Å². The zero-order valence-electron chi connectivity index (χ0n) is 8.90. The van der Waals surface area contributed by atoms with Gasteiger partial charge in [-0.2, -0.15) is 0 Å². The molecule has 0 amide bonds. The predicted octanol–water partition coefficient (Wildman–Crippen LogP) is 0.813. The van der Waals surface area contributed by atoms with Crippen LogP contribution in [0.1, 0.15) is 13.8 Å². The number of quaternary nitrogens is 1. The van der Waals surface area contributed by atoms with Gasteiger partial charge in [0.1, 0.15) is 13.1 Å². The van der Waals surface area contributed by atoms with Crippen molar-refractivity contribution in [2.45, 2.75) is 13.8 Å². The summed E-state index contributed by atoms with van der Waals surface area (Å²) < 4.78 is 0. The Kier molecular flexibility index (Phi) is 4.05. The van der Waals surface area contributed by atoms with E-state index in [1.165, 1.54) is 12.1 Å². The van der Waals surface area contributed by atoms with E-state index in [9.17, 15) is 10.1 Å². The molecule has 82 valence electrons. The fraction of sp³-hybridized carbons (Fsp3) is 0.400. The Labute approximate surface area is 88.4 Å². The number of rotatable bonds is 5. The van der Waals surface area contributed by atoms with Gasteiger partial charge < -0.3 is 4.84 Å². The van der Waals surface area contributed by atoms with Gasteiger partial charge >= 0.3 is 0 Å². The number of nitro groups is 1. The monoisotopic (exact) mass is 211 g/mol. The molecule has 0 radical (unpaired) electrons. The lowest BCUT2D eigenvalue weighted by atomic mass is 10.3. The Morgan fingerprint density at radius 2 is 1.80 bits per heavy atom. The van der Waals surface area contributed by atoms with Crippen LogP contribution in [0.2, 0.25) is 0 Å². The molecule has 0 unspecified atom stereocenters. The number of hydrogen-bond donors (Lipinski definition) is 1. The number of nitrogens with zero attached hydrogens (tertiary/aromatic N) is 1. The van der Waals surface area contributed by atoms with E-state index in [0.717, 1.165) is 18.2 Å². The predicted molar refractivity (Wildman–Crippen MR) is 55.8 cm³/mol. The van der Waals surface area contributed by atoms with Crippen LogP contribution in [0.3, 0.4) is 0 Å². The molecule has 0 aliphatic rings. The van der Waals surface area contributed by atoms with Gasteiger partial charge in [0.2, 0.25) is 0 Å². The van der Waals surface area contributed by atoms with Gasteiger partial charge in [0.25, 0.3) is 5.69 Å². The smallest absolute Gasteiger partial charge is 0.269 e. The van der Waals surface area contributed by atoms with Crippen LogP contribution in [0.25, 0.3) is 0 Å². The van der Waals surface area contributed by atoms with Crippen molar-refractivity contribution in [2.75, 3.05) is 13.1 Å². The van der Waals surface area contributed by atoms with E-state index in [1.807, 2.05) is 13.8 Å². The average molecular weight is 211 g/mol. The summed E-state index contributed by atoms with van der Waals surface area (Å²) in [6, 6.07) is 6.11. The molecule has 5 heteroatoms. The fourth-order valence-electron chi connectivity index (χ4n) is 1.20. The third-order valence-corrected chi connectivity index (χ3v) is 2.10. The number of hydroxylamine groups is 2. The van der Waals surface area contributed by atoms with Crippen LogP contribution in [0, 0.1) is 10.1 Å². The van der Waals surface area contributed by atoms with E-state index in [-0.39, 0.29) is 5.69 Å². The first-order valence-electron chi connectivity index (χ1n) is 4.94. The van der Waals surface area contributed by atoms with Crippen molar-refractivity contribution in [1.82, 2.24) is 0 Å². The van der Waals surface area contributed by atoms with Gasteiger partial charge in [-0.1, -0.05) is 0 Å². The maximum atomic E-state index is 10.4. The van der Waals surface area contributed by atoms with Gasteiger partial charge in [0, 0.05) is 12.1 Å². The Bertz CT molecular complexity index is 320. The summed E-state index contributed by atoms with van der Waals surface area (Å²) in [7, 11) is 0. The van der Waals surface area contributed by atoms with Crippen LogP contribution in [-0.4, -0.2) is 18.0 Å². The summed E-state index contributed by atoms with van der Waals surface area (Å²) in [4.78, 5) is 15.5. The molecule has 1 aromatic rings. The third kappa shape index (κ3) is 3.21. The molecule has 0 aromatic heterocycles. The molecule has 0 spiro atoms. The van der Waals surface area contributed by atoms with Gasteiger partial charge in [-0.15, -0.1) is 5.06 Å². The summed E-state index contributed by atoms with van der Waals surface area (Å²) in [6.45, 7) is 5.75. The van der Waals surface area contributed by atoms with Crippen molar-refractivity contribution in [3.05, 3.63) is 34.4 Å². The van der Waals surface area contributed by atoms with Crippen molar-refractivity contribution in [2.24, 2.45) is 0 Å². The van der Waals surface area contributed by atoms with E-state index in [2.05, 4.69) is 0 Å². The molecule has 0 bridgehead atoms. The Morgan fingerprint density at radius 1 is 1.27 bits per heavy atom. The first-order valence-corrected chi connectivity index (χ1v) is 4.94. The van der Waals surface area contributed by atoms with Crippen molar-refractivity contribution < 1.29 is 14.8 Å². The minimum atomic E-state index is -0.423. The quantitative estimate of drug-likeness (QED) is 0.579. The molecule has 15 heavy (non-hydrogen) atoms. The Hall–Kier alpha value is -1.62. The maximum absolute atomic E-state index is 10.4. The molecule has 1 rings (SSSR count). The molecule has 1 aromatic carbocycles. The summed E-state index contributed by atoms with van der Waals surface area (Å²) in [5.41, 5.74) is 0.0805. The van der Waals surface area contributed by atoms with E-state index in [1.54, 1.807) is 12.1 Å². The minimum Gasteiger partial charge on any atom is -0.317 e. The second-order valence-corrected chi connectivity index (χ2v) is 3.10. The van der Waals surface area contributed by atoms with E-state index < -0.39 is 4.92 Å². The average Bonchev–Trinajstić information content (AvgIpc) is 2.26. The van der Waals surface area contributed by atoms with Crippen LogP contribution >= 0.6 is 0 Å². The first kappa shape index (κ1) is 11.5. The van der Waals surface area contributed by atoms with E-state index >= 15 is 0 Å². The first-order chi connectivity index (χ1) is 7.17. The molecule has 5 nitrogen and oxygen atoms in total. The number of nitro benzene ring substituents is 1. The number of benzene rings is 1. The number of hydrogen-bond acceptors (Lipinski definition) is 3. The lowest BCUT2D eigenvalue weighted by molar-refractivity contribution is -1.06. The maximum Gasteiger partial charge on any atom is 0.269 e. The second-order valence-electron chi connectivity index (χ2n) is 3.10. The van der Waals surface area contributed by atoms with Crippen molar-refractivity contribution in [1.29, 1.82) is 0 Å². The van der Waals surface area contributed by atoms with Crippen LogP contribution in [0.5, 0.6) is 5.75 Å². The molecular weight excluding hydrogens is 196 g/mol. The van der Waals surface area contributed by atoms with E-state index in [0.29, 0.717) is 5.75 Å². The molecule has 0 aliphatic heterocycles. The zero-order valence-corrected chi connectivity index (χ0v) is 8.90. The largest absolute Gasteiger partial charge is 0.317 e. The number of nitrogens with one attached hydrogen (secondary N) is 1. The van der Waals surface area contributed by atoms with Gasteiger partial charge in [0.15, 0.2) is 5.75 Å². The summed E-state index contributed by atoms with van der Waals surface area (Å²) in [6.07, 6.45) is 0. The van der Waals surface area contributed by atoms with Crippen LogP contribution in [-0.2, 0) is 0 Å². The Balaban J connectivity index is 2.67. The molecule has 0 saturated carbocycles. The zero-order chi connectivity index (χ0) is 11.3. The van der Waals surface area contributed by atoms with Gasteiger partial charge in [0.05, 0.1) is 4.92 Å². The number of non-ortho nitro benzene ring substituents is 1. The highest BCUT2D eigenvalue weighted by Gasteiger charge is 2.08. The third-order valence-electron chi connectivity index (χ3n) is 2.10. The summed E-state index contributed by atoms with van der Waals surface area (Å²) in [5, 5.41) is 11.4. The molecule has 0 atom stereocenters. The van der Waals surface area contributed by atoms with Crippen LogP contribution in [0.15, 0.2) is 24.3 Å². The van der Waals surface area contributed by atoms with Crippen LogP contribution in [0.4, 0.5) is 5.69 Å². The molecule has 0 aliphatic carbocycles.